The number of carbonyl (C=O) groups is 1. The van der Waals surface area contributed by atoms with Gasteiger partial charge in [-0.2, -0.15) is 5.10 Å². The Labute approximate surface area is 131 Å². The fraction of sp³-hybridized carbons (Fsp3) is 0.750. The molecule has 1 aromatic heterocycles. The van der Waals surface area contributed by atoms with Gasteiger partial charge in [-0.25, -0.2) is 0 Å². The molecule has 0 aromatic carbocycles. The number of piperidine rings is 1. The number of nitrogens with zero attached hydrogens (tertiary/aromatic N) is 2. The van der Waals surface area contributed by atoms with E-state index in [1.807, 2.05) is 6.92 Å². The Hall–Kier alpha value is -1.40. The Kier molecular flexibility index (Phi) is 5.10. The van der Waals surface area contributed by atoms with E-state index < -0.39 is 0 Å². The van der Waals surface area contributed by atoms with Gasteiger partial charge in [0.1, 0.15) is 0 Å². The minimum atomic E-state index is 0.130. The van der Waals surface area contributed by atoms with Crippen molar-refractivity contribution in [1.82, 2.24) is 20.4 Å². The second-order valence-corrected chi connectivity index (χ2v) is 6.58. The summed E-state index contributed by atoms with van der Waals surface area (Å²) in [6.07, 6.45) is 3.34. The summed E-state index contributed by atoms with van der Waals surface area (Å²) in [5, 5.41) is 10.4. The predicted molar refractivity (Wildman–Crippen MR) is 83.7 cm³/mol. The van der Waals surface area contributed by atoms with Crippen molar-refractivity contribution in [1.29, 1.82) is 0 Å². The van der Waals surface area contributed by atoms with E-state index in [1.54, 1.807) is 0 Å². The highest BCUT2D eigenvalue weighted by molar-refractivity contribution is 5.78. The van der Waals surface area contributed by atoms with E-state index >= 15 is 0 Å². The molecule has 122 valence electrons. The zero-order chi connectivity index (χ0) is 15.4. The number of carbonyl (C=O) groups excluding carboxylic acids is 1. The molecule has 0 bridgehead atoms. The standard InChI is InChI=1S/C16H26N4O2/c1-12-7-15(19-18-12)14-3-2-5-20(9-14)10-16(21)17-8-13-4-6-22-11-13/h7,13-14H,2-6,8-11H2,1H3,(H,17,21)(H,18,19)/t13-,14+/m0/s1. The van der Waals surface area contributed by atoms with Gasteiger partial charge >= 0.3 is 0 Å². The minimum Gasteiger partial charge on any atom is -0.381 e. The Balaban J connectivity index is 1.44. The summed E-state index contributed by atoms with van der Waals surface area (Å²) < 4.78 is 5.33. The highest BCUT2D eigenvalue weighted by Gasteiger charge is 2.24. The van der Waals surface area contributed by atoms with Gasteiger partial charge in [0.2, 0.25) is 5.91 Å². The predicted octanol–water partition coefficient (Wildman–Crippen LogP) is 1.05. The number of aryl methyl sites for hydroxylation is 1. The van der Waals surface area contributed by atoms with E-state index in [9.17, 15) is 4.79 Å². The molecule has 2 atom stereocenters. The molecule has 3 rings (SSSR count). The first-order valence-corrected chi connectivity index (χ1v) is 8.29. The molecule has 0 aliphatic carbocycles. The van der Waals surface area contributed by atoms with Crippen LogP contribution in [0.15, 0.2) is 6.07 Å². The van der Waals surface area contributed by atoms with E-state index in [2.05, 4.69) is 26.5 Å². The first kappa shape index (κ1) is 15.5. The van der Waals surface area contributed by atoms with Gasteiger partial charge in [0, 0.05) is 37.2 Å². The normalized spacial score (nSPS) is 26.2. The summed E-state index contributed by atoms with van der Waals surface area (Å²) >= 11 is 0. The summed E-state index contributed by atoms with van der Waals surface area (Å²) in [6, 6.07) is 2.12. The van der Waals surface area contributed by atoms with Crippen LogP contribution in [0.25, 0.3) is 0 Å². The van der Waals surface area contributed by atoms with Crippen molar-refractivity contribution in [3.63, 3.8) is 0 Å². The number of ether oxygens (including phenoxy) is 1. The molecule has 1 amide bonds. The van der Waals surface area contributed by atoms with Crippen LogP contribution in [0, 0.1) is 12.8 Å². The Morgan fingerprint density at radius 3 is 3.18 bits per heavy atom. The van der Waals surface area contributed by atoms with E-state index in [0.29, 0.717) is 18.4 Å². The van der Waals surface area contributed by atoms with Crippen molar-refractivity contribution in [3.8, 4) is 0 Å². The second-order valence-electron chi connectivity index (χ2n) is 6.58. The second kappa shape index (κ2) is 7.24. The number of rotatable bonds is 5. The maximum Gasteiger partial charge on any atom is 0.234 e. The Morgan fingerprint density at radius 1 is 1.55 bits per heavy atom. The smallest absolute Gasteiger partial charge is 0.234 e. The lowest BCUT2D eigenvalue weighted by molar-refractivity contribution is -0.122. The zero-order valence-electron chi connectivity index (χ0n) is 13.3. The van der Waals surface area contributed by atoms with Gasteiger partial charge in [0.15, 0.2) is 0 Å². The molecule has 1 aromatic rings. The number of aromatic nitrogens is 2. The summed E-state index contributed by atoms with van der Waals surface area (Å²) in [4.78, 5) is 14.3. The molecule has 2 saturated heterocycles. The highest BCUT2D eigenvalue weighted by atomic mass is 16.5. The number of aromatic amines is 1. The van der Waals surface area contributed by atoms with Gasteiger partial charge in [-0.15, -0.1) is 0 Å². The average Bonchev–Trinajstić information content (AvgIpc) is 3.17. The fourth-order valence-electron chi connectivity index (χ4n) is 3.35. The first-order chi connectivity index (χ1) is 10.7. The van der Waals surface area contributed by atoms with Crippen LogP contribution in [-0.2, 0) is 9.53 Å². The monoisotopic (exact) mass is 306 g/mol. The van der Waals surface area contributed by atoms with Crippen LogP contribution in [-0.4, -0.2) is 60.4 Å². The molecule has 2 fully saturated rings. The topological polar surface area (TPSA) is 70.2 Å². The number of likely N-dealkylation sites (tertiary alicyclic amines) is 1. The quantitative estimate of drug-likeness (QED) is 0.853. The summed E-state index contributed by atoms with van der Waals surface area (Å²) in [5.41, 5.74) is 2.23. The Bertz CT molecular complexity index is 496. The molecule has 0 radical (unpaired) electrons. The van der Waals surface area contributed by atoms with Crippen molar-refractivity contribution in [2.24, 2.45) is 5.92 Å². The third-order valence-corrected chi connectivity index (χ3v) is 4.63. The van der Waals surface area contributed by atoms with Crippen LogP contribution in [0.5, 0.6) is 0 Å². The SMILES string of the molecule is Cc1cc([C@@H]2CCCN(CC(=O)NC[C@@H]3CCOC3)C2)n[nH]1. The molecule has 3 heterocycles. The van der Waals surface area contributed by atoms with Gasteiger partial charge in [0.05, 0.1) is 18.8 Å². The molecule has 0 spiro atoms. The minimum absolute atomic E-state index is 0.130. The molecular formula is C16H26N4O2. The summed E-state index contributed by atoms with van der Waals surface area (Å²) in [7, 11) is 0. The maximum atomic E-state index is 12.1. The molecule has 2 aliphatic heterocycles. The lowest BCUT2D eigenvalue weighted by atomic mass is 9.94. The lowest BCUT2D eigenvalue weighted by Crippen LogP contribution is -2.43. The van der Waals surface area contributed by atoms with Crippen LogP contribution in [0.1, 0.15) is 36.6 Å². The van der Waals surface area contributed by atoms with Crippen LogP contribution >= 0.6 is 0 Å². The molecule has 6 heteroatoms. The van der Waals surface area contributed by atoms with Gasteiger partial charge in [0.25, 0.3) is 0 Å². The van der Waals surface area contributed by atoms with Gasteiger partial charge in [-0.3, -0.25) is 14.8 Å². The molecule has 0 saturated carbocycles. The highest BCUT2D eigenvalue weighted by Crippen LogP contribution is 2.25. The van der Waals surface area contributed by atoms with E-state index in [4.69, 9.17) is 4.74 Å². The lowest BCUT2D eigenvalue weighted by Gasteiger charge is -2.31. The van der Waals surface area contributed by atoms with E-state index in [1.165, 1.54) is 0 Å². The summed E-state index contributed by atoms with van der Waals surface area (Å²) in [6.45, 7) is 6.80. The fourth-order valence-corrected chi connectivity index (χ4v) is 3.35. The van der Waals surface area contributed by atoms with Crippen LogP contribution in [0.3, 0.4) is 0 Å². The van der Waals surface area contributed by atoms with Crippen LogP contribution < -0.4 is 5.32 Å². The van der Waals surface area contributed by atoms with E-state index in [0.717, 1.165) is 63.5 Å². The van der Waals surface area contributed by atoms with Crippen molar-refractivity contribution < 1.29 is 9.53 Å². The van der Waals surface area contributed by atoms with Crippen molar-refractivity contribution in [3.05, 3.63) is 17.5 Å². The first-order valence-electron chi connectivity index (χ1n) is 8.29. The number of hydrogen-bond acceptors (Lipinski definition) is 4. The molecule has 2 aliphatic rings. The molecule has 6 nitrogen and oxygen atoms in total. The van der Waals surface area contributed by atoms with Gasteiger partial charge in [-0.1, -0.05) is 0 Å². The van der Waals surface area contributed by atoms with Crippen molar-refractivity contribution >= 4 is 5.91 Å². The number of nitrogens with one attached hydrogen (secondary N) is 2. The zero-order valence-corrected chi connectivity index (χ0v) is 13.3. The van der Waals surface area contributed by atoms with E-state index in [-0.39, 0.29) is 5.91 Å². The third kappa shape index (κ3) is 4.08. The average molecular weight is 306 g/mol. The third-order valence-electron chi connectivity index (χ3n) is 4.63. The van der Waals surface area contributed by atoms with Gasteiger partial charge < -0.3 is 10.1 Å². The molecule has 2 N–H and O–H groups in total. The van der Waals surface area contributed by atoms with Crippen LogP contribution in [0.4, 0.5) is 0 Å². The molecule has 0 unspecified atom stereocenters. The maximum absolute atomic E-state index is 12.1. The van der Waals surface area contributed by atoms with Crippen molar-refractivity contribution in [2.75, 3.05) is 39.4 Å². The largest absolute Gasteiger partial charge is 0.381 e. The molecule has 22 heavy (non-hydrogen) atoms. The number of amides is 1. The summed E-state index contributed by atoms with van der Waals surface area (Å²) in [5.74, 6) is 1.06. The number of hydrogen-bond donors (Lipinski definition) is 2. The Morgan fingerprint density at radius 2 is 2.45 bits per heavy atom. The van der Waals surface area contributed by atoms with Crippen LogP contribution in [0.2, 0.25) is 0 Å². The van der Waals surface area contributed by atoms with Crippen molar-refractivity contribution in [2.45, 2.75) is 32.1 Å². The van der Waals surface area contributed by atoms with Gasteiger partial charge in [-0.05, 0) is 38.8 Å². The number of H-pyrrole nitrogens is 1. The molecular weight excluding hydrogens is 280 g/mol.